The highest BCUT2D eigenvalue weighted by molar-refractivity contribution is 7.09. The molecule has 0 aromatic carbocycles. The number of aromatic nitrogens is 1. The first kappa shape index (κ1) is 12.0. The highest BCUT2D eigenvalue weighted by Crippen LogP contribution is 2.23. The number of aliphatic hydroxyl groups is 1. The Labute approximate surface area is 101 Å². The van der Waals surface area contributed by atoms with Crippen LogP contribution in [0.1, 0.15) is 30.3 Å². The normalized spacial score (nSPS) is 21.2. The van der Waals surface area contributed by atoms with E-state index in [9.17, 15) is 5.11 Å². The average Bonchev–Trinajstić information content (AvgIpc) is 2.65. The number of hydrogen-bond acceptors (Lipinski definition) is 4. The third-order valence-corrected chi connectivity index (χ3v) is 4.45. The summed E-state index contributed by atoms with van der Waals surface area (Å²) in [5.74, 6) is 0.499. The number of hydrogen-bond donors (Lipinski definition) is 1. The van der Waals surface area contributed by atoms with Crippen LogP contribution in [0.25, 0.3) is 0 Å². The van der Waals surface area contributed by atoms with Gasteiger partial charge in [0, 0.05) is 11.4 Å². The van der Waals surface area contributed by atoms with Gasteiger partial charge in [-0.25, -0.2) is 4.98 Å². The molecule has 1 unspecified atom stereocenters. The Hall–Kier alpha value is -0.450. The predicted molar refractivity (Wildman–Crippen MR) is 66.5 cm³/mol. The number of nitrogens with zero attached hydrogens (tertiary/aromatic N) is 2. The summed E-state index contributed by atoms with van der Waals surface area (Å²) in [5, 5.41) is 9.54. The molecule has 4 heteroatoms. The molecule has 0 bridgehead atoms. The molecular weight excluding hydrogens is 220 g/mol. The molecule has 16 heavy (non-hydrogen) atoms. The first-order valence-electron chi connectivity index (χ1n) is 5.96. The maximum Gasteiger partial charge on any atom is 0.0798 e. The molecule has 1 saturated heterocycles. The molecule has 1 fully saturated rings. The Kier molecular flexibility index (Phi) is 3.95. The lowest BCUT2D eigenvalue weighted by molar-refractivity contribution is 0.0698. The van der Waals surface area contributed by atoms with Crippen LogP contribution in [0.15, 0.2) is 5.51 Å². The lowest BCUT2D eigenvalue weighted by atomic mass is 9.92. The molecule has 1 aliphatic heterocycles. The van der Waals surface area contributed by atoms with Crippen molar-refractivity contribution in [1.29, 1.82) is 0 Å². The highest BCUT2D eigenvalue weighted by atomic mass is 32.1. The molecule has 0 spiro atoms. The lowest BCUT2D eigenvalue weighted by Crippen LogP contribution is -2.36. The summed E-state index contributed by atoms with van der Waals surface area (Å²) in [4.78, 5) is 8.13. The van der Waals surface area contributed by atoms with Crippen molar-refractivity contribution in [3.05, 3.63) is 16.1 Å². The quantitative estimate of drug-likeness (QED) is 0.878. The Balaban J connectivity index is 1.84. The van der Waals surface area contributed by atoms with Crippen LogP contribution in [-0.2, 0) is 6.54 Å². The summed E-state index contributed by atoms with van der Waals surface area (Å²) in [6, 6.07) is 0. The maximum atomic E-state index is 9.54. The fourth-order valence-corrected chi connectivity index (χ4v) is 3.09. The third kappa shape index (κ3) is 2.81. The van der Waals surface area contributed by atoms with Gasteiger partial charge >= 0.3 is 0 Å². The van der Waals surface area contributed by atoms with Gasteiger partial charge in [-0.3, -0.25) is 4.90 Å². The van der Waals surface area contributed by atoms with Gasteiger partial charge in [0.05, 0.1) is 17.3 Å². The second-order valence-corrected chi connectivity index (χ2v) is 5.65. The van der Waals surface area contributed by atoms with E-state index in [1.807, 2.05) is 12.4 Å². The Morgan fingerprint density at radius 1 is 1.56 bits per heavy atom. The van der Waals surface area contributed by atoms with Gasteiger partial charge in [-0.05, 0) is 45.7 Å². The minimum Gasteiger partial charge on any atom is -0.393 e. The molecule has 0 amide bonds. The molecule has 2 heterocycles. The number of aryl methyl sites for hydroxylation is 1. The fraction of sp³-hybridized carbons (Fsp3) is 0.750. The number of piperidine rings is 1. The smallest absolute Gasteiger partial charge is 0.0798 e. The summed E-state index contributed by atoms with van der Waals surface area (Å²) in [6.45, 7) is 7.23. The zero-order valence-corrected chi connectivity index (χ0v) is 10.8. The van der Waals surface area contributed by atoms with Crippen molar-refractivity contribution >= 4 is 11.3 Å². The van der Waals surface area contributed by atoms with E-state index in [0.29, 0.717) is 5.92 Å². The second kappa shape index (κ2) is 5.25. The van der Waals surface area contributed by atoms with Crippen LogP contribution in [0.4, 0.5) is 0 Å². The van der Waals surface area contributed by atoms with Crippen LogP contribution in [-0.4, -0.2) is 34.2 Å². The van der Waals surface area contributed by atoms with E-state index in [1.165, 1.54) is 10.6 Å². The summed E-state index contributed by atoms with van der Waals surface area (Å²) in [7, 11) is 0. The molecule has 90 valence electrons. The van der Waals surface area contributed by atoms with Crippen LogP contribution in [0.5, 0.6) is 0 Å². The first-order chi connectivity index (χ1) is 7.66. The molecule has 0 radical (unpaired) electrons. The molecule has 1 aromatic rings. The molecule has 0 saturated carbocycles. The van der Waals surface area contributed by atoms with Crippen LogP contribution < -0.4 is 0 Å². The summed E-state index contributed by atoms with van der Waals surface area (Å²) in [5.41, 5.74) is 3.09. The van der Waals surface area contributed by atoms with E-state index in [4.69, 9.17) is 0 Å². The van der Waals surface area contributed by atoms with Crippen molar-refractivity contribution in [1.82, 2.24) is 9.88 Å². The number of aliphatic hydroxyl groups excluding tert-OH is 1. The average molecular weight is 240 g/mol. The van der Waals surface area contributed by atoms with Gasteiger partial charge in [0.2, 0.25) is 0 Å². The molecule has 1 aliphatic rings. The molecule has 1 aromatic heterocycles. The SMILES string of the molecule is Cc1ncsc1CN1CCC(C(C)O)CC1. The second-order valence-electron chi connectivity index (χ2n) is 4.72. The highest BCUT2D eigenvalue weighted by Gasteiger charge is 2.22. The third-order valence-electron chi connectivity index (χ3n) is 3.53. The van der Waals surface area contributed by atoms with Crippen molar-refractivity contribution in [2.24, 2.45) is 5.92 Å². The molecule has 1 atom stereocenters. The standard InChI is InChI=1S/C12H20N2OS/c1-9-12(16-8-13-9)7-14-5-3-11(4-6-14)10(2)15/h8,10-11,15H,3-7H2,1-2H3. The van der Waals surface area contributed by atoms with Crippen LogP contribution in [0.2, 0.25) is 0 Å². The largest absolute Gasteiger partial charge is 0.393 e. The predicted octanol–water partition coefficient (Wildman–Crippen LogP) is 2.04. The van der Waals surface area contributed by atoms with Gasteiger partial charge in [-0.1, -0.05) is 0 Å². The molecule has 1 N–H and O–H groups in total. The van der Waals surface area contributed by atoms with Gasteiger partial charge in [-0.2, -0.15) is 0 Å². The number of thiazole rings is 1. The summed E-state index contributed by atoms with van der Waals surface area (Å²) in [6.07, 6.45) is 2.10. The zero-order chi connectivity index (χ0) is 11.5. The lowest BCUT2D eigenvalue weighted by Gasteiger charge is -2.32. The van der Waals surface area contributed by atoms with Crippen LogP contribution >= 0.6 is 11.3 Å². The van der Waals surface area contributed by atoms with Crippen molar-refractivity contribution in [3.8, 4) is 0 Å². The van der Waals surface area contributed by atoms with Gasteiger partial charge < -0.3 is 5.11 Å². The number of rotatable bonds is 3. The zero-order valence-electron chi connectivity index (χ0n) is 10.0. The minimum absolute atomic E-state index is 0.146. The minimum atomic E-state index is -0.146. The first-order valence-corrected chi connectivity index (χ1v) is 6.84. The topological polar surface area (TPSA) is 36.4 Å². The van der Waals surface area contributed by atoms with Crippen LogP contribution in [0.3, 0.4) is 0 Å². The van der Waals surface area contributed by atoms with E-state index in [1.54, 1.807) is 11.3 Å². The van der Waals surface area contributed by atoms with Gasteiger partial charge in [0.15, 0.2) is 0 Å². The molecule has 0 aliphatic carbocycles. The van der Waals surface area contributed by atoms with Crippen molar-refractivity contribution < 1.29 is 5.11 Å². The molecule has 3 nitrogen and oxygen atoms in total. The summed E-state index contributed by atoms with van der Waals surface area (Å²) < 4.78 is 0. The van der Waals surface area contributed by atoms with Gasteiger partial charge in [0.25, 0.3) is 0 Å². The Bertz CT molecular complexity index is 330. The van der Waals surface area contributed by atoms with Crippen molar-refractivity contribution in [3.63, 3.8) is 0 Å². The van der Waals surface area contributed by atoms with Gasteiger partial charge in [0.1, 0.15) is 0 Å². The van der Waals surface area contributed by atoms with Crippen molar-refractivity contribution in [2.75, 3.05) is 13.1 Å². The number of likely N-dealkylation sites (tertiary alicyclic amines) is 1. The molecular formula is C12H20N2OS. The summed E-state index contributed by atoms with van der Waals surface area (Å²) >= 11 is 1.75. The van der Waals surface area contributed by atoms with Crippen LogP contribution in [0, 0.1) is 12.8 Å². The fourth-order valence-electron chi connectivity index (χ4n) is 2.27. The van der Waals surface area contributed by atoms with E-state index >= 15 is 0 Å². The molecule has 2 rings (SSSR count). The Morgan fingerprint density at radius 2 is 2.25 bits per heavy atom. The maximum absolute atomic E-state index is 9.54. The van der Waals surface area contributed by atoms with Crippen molar-refractivity contribution in [2.45, 2.75) is 39.3 Å². The van der Waals surface area contributed by atoms with E-state index in [2.05, 4.69) is 16.8 Å². The van der Waals surface area contributed by atoms with Gasteiger partial charge in [-0.15, -0.1) is 11.3 Å². The Morgan fingerprint density at radius 3 is 2.75 bits per heavy atom. The van der Waals surface area contributed by atoms with E-state index in [-0.39, 0.29) is 6.10 Å². The van der Waals surface area contributed by atoms with E-state index in [0.717, 1.165) is 32.5 Å². The van der Waals surface area contributed by atoms with E-state index < -0.39 is 0 Å². The monoisotopic (exact) mass is 240 g/mol.